The molecule has 2 N–H and O–H groups in total. The summed E-state index contributed by atoms with van der Waals surface area (Å²) in [5.74, 6) is 0.185. The van der Waals surface area contributed by atoms with Crippen molar-refractivity contribution in [1.82, 2.24) is 5.43 Å². The lowest BCUT2D eigenvalue weighted by molar-refractivity contribution is -0.120. The van der Waals surface area contributed by atoms with E-state index in [1.54, 1.807) is 36.4 Å². The molecule has 0 spiro atoms. The SMILES string of the molecule is COc1cc(/C=N/NC(=O)Cc2cccc3ccccc23)ccc1OCC(=O)Nc1ccc(Cl)c(Cl)c1. The smallest absolute Gasteiger partial charge is 0.262 e. The molecule has 0 aromatic heterocycles. The second kappa shape index (κ2) is 12.3. The number of fused-ring (bicyclic) bond motifs is 1. The second-order valence-corrected chi connectivity index (χ2v) is 8.80. The van der Waals surface area contributed by atoms with Crippen LogP contribution in [0.25, 0.3) is 10.8 Å². The molecule has 0 heterocycles. The van der Waals surface area contributed by atoms with Gasteiger partial charge < -0.3 is 14.8 Å². The Hall–Kier alpha value is -4.07. The minimum absolute atomic E-state index is 0.207. The molecule has 0 radical (unpaired) electrons. The first-order chi connectivity index (χ1) is 17.9. The monoisotopic (exact) mass is 535 g/mol. The standard InChI is InChI=1S/C28H23Cl2N3O4/c1-36-26-13-18(9-12-25(26)37-17-28(35)32-21-10-11-23(29)24(30)15-21)16-31-33-27(34)14-20-7-4-6-19-5-2-3-8-22(19)20/h2-13,15-16H,14,17H2,1H3,(H,32,35)(H,33,34)/b31-16+. The van der Waals surface area contributed by atoms with E-state index in [1.807, 2.05) is 42.5 Å². The Morgan fingerprint density at radius 2 is 1.70 bits per heavy atom. The van der Waals surface area contributed by atoms with Crippen molar-refractivity contribution in [2.24, 2.45) is 5.10 Å². The molecule has 0 fully saturated rings. The molecular weight excluding hydrogens is 513 g/mol. The lowest BCUT2D eigenvalue weighted by atomic mass is 10.0. The molecule has 4 aromatic carbocycles. The predicted octanol–water partition coefficient (Wildman–Crippen LogP) is 5.87. The maximum atomic E-state index is 12.4. The highest BCUT2D eigenvalue weighted by atomic mass is 35.5. The number of carbonyl (C=O) groups is 2. The number of nitrogens with one attached hydrogen (secondary N) is 2. The van der Waals surface area contributed by atoms with E-state index >= 15 is 0 Å². The molecule has 2 amide bonds. The summed E-state index contributed by atoms with van der Waals surface area (Å²) in [5.41, 5.74) is 4.66. The summed E-state index contributed by atoms with van der Waals surface area (Å²) in [5, 5.41) is 9.59. The molecule has 37 heavy (non-hydrogen) atoms. The highest BCUT2D eigenvalue weighted by molar-refractivity contribution is 6.42. The van der Waals surface area contributed by atoms with Crippen molar-refractivity contribution in [3.8, 4) is 11.5 Å². The molecule has 0 saturated heterocycles. The van der Waals surface area contributed by atoms with E-state index in [2.05, 4.69) is 15.8 Å². The van der Waals surface area contributed by atoms with Crippen LogP contribution in [0.1, 0.15) is 11.1 Å². The average Bonchev–Trinajstić information content (AvgIpc) is 2.90. The zero-order chi connectivity index (χ0) is 26.2. The summed E-state index contributed by atoms with van der Waals surface area (Å²) in [6.07, 6.45) is 1.71. The first-order valence-electron chi connectivity index (χ1n) is 11.3. The van der Waals surface area contributed by atoms with Crippen molar-refractivity contribution in [3.05, 3.63) is 100 Å². The third kappa shape index (κ3) is 7.00. The van der Waals surface area contributed by atoms with E-state index < -0.39 is 0 Å². The highest BCUT2D eigenvalue weighted by Crippen LogP contribution is 2.28. The lowest BCUT2D eigenvalue weighted by Crippen LogP contribution is -2.20. The van der Waals surface area contributed by atoms with Gasteiger partial charge in [0.2, 0.25) is 5.91 Å². The zero-order valence-electron chi connectivity index (χ0n) is 19.8. The summed E-state index contributed by atoms with van der Waals surface area (Å²) < 4.78 is 11.0. The van der Waals surface area contributed by atoms with Gasteiger partial charge in [0.1, 0.15) is 0 Å². The van der Waals surface area contributed by atoms with Gasteiger partial charge in [-0.2, -0.15) is 5.10 Å². The molecule has 4 aromatic rings. The fourth-order valence-electron chi connectivity index (χ4n) is 3.64. The predicted molar refractivity (Wildman–Crippen MR) is 147 cm³/mol. The lowest BCUT2D eigenvalue weighted by Gasteiger charge is -2.12. The van der Waals surface area contributed by atoms with E-state index in [4.69, 9.17) is 32.7 Å². The maximum Gasteiger partial charge on any atom is 0.262 e. The van der Waals surface area contributed by atoms with Gasteiger partial charge in [0, 0.05) is 5.69 Å². The number of rotatable bonds is 9. The number of hydrogen-bond acceptors (Lipinski definition) is 5. The third-order valence-corrected chi connectivity index (χ3v) is 6.12. The van der Waals surface area contributed by atoms with Crippen molar-refractivity contribution in [3.63, 3.8) is 0 Å². The summed E-state index contributed by atoms with van der Waals surface area (Å²) in [4.78, 5) is 24.7. The van der Waals surface area contributed by atoms with Crippen LogP contribution in [0.2, 0.25) is 10.0 Å². The Morgan fingerprint density at radius 3 is 2.51 bits per heavy atom. The summed E-state index contributed by atoms with van der Waals surface area (Å²) in [6.45, 7) is -0.242. The Kier molecular flexibility index (Phi) is 8.61. The summed E-state index contributed by atoms with van der Waals surface area (Å²) in [7, 11) is 1.49. The number of halogens is 2. The van der Waals surface area contributed by atoms with Gasteiger partial charge in [0.25, 0.3) is 5.91 Å². The van der Waals surface area contributed by atoms with Crippen LogP contribution in [0, 0.1) is 0 Å². The molecule has 4 rings (SSSR count). The molecule has 0 unspecified atom stereocenters. The van der Waals surface area contributed by atoms with E-state index in [0.717, 1.165) is 16.3 Å². The van der Waals surface area contributed by atoms with Crippen LogP contribution in [-0.2, 0) is 16.0 Å². The number of amides is 2. The number of anilines is 1. The first-order valence-corrected chi connectivity index (χ1v) is 12.0. The molecule has 0 atom stereocenters. The van der Waals surface area contributed by atoms with E-state index in [-0.39, 0.29) is 24.8 Å². The molecule has 0 aliphatic rings. The van der Waals surface area contributed by atoms with Crippen molar-refractivity contribution in [2.75, 3.05) is 19.0 Å². The molecule has 9 heteroatoms. The minimum atomic E-state index is -0.375. The fraction of sp³-hybridized carbons (Fsp3) is 0.107. The van der Waals surface area contributed by atoms with Crippen LogP contribution in [0.4, 0.5) is 5.69 Å². The Bertz CT molecular complexity index is 1470. The zero-order valence-corrected chi connectivity index (χ0v) is 21.3. The molecule has 7 nitrogen and oxygen atoms in total. The first kappa shape index (κ1) is 26.0. The highest BCUT2D eigenvalue weighted by Gasteiger charge is 2.10. The van der Waals surface area contributed by atoms with Crippen molar-refractivity contribution in [1.29, 1.82) is 0 Å². The fourth-order valence-corrected chi connectivity index (χ4v) is 3.93. The normalized spacial score (nSPS) is 10.9. The Morgan fingerprint density at radius 1 is 0.892 bits per heavy atom. The van der Waals surface area contributed by atoms with Gasteiger partial charge in [-0.15, -0.1) is 0 Å². The van der Waals surface area contributed by atoms with Crippen molar-refractivity contribution >= 4 is 57.7 Å². The number of benzene rings is 4. The van der Waals surface area contributed by atoms with Crippen LogP contribution < -0.4 is 20.2 Å². The van der Waals surface area contributed by atoms with Crippen LogP contribution in [0.3, 0.4) is 0 Å². The molecule has 0 aliphatic carbocycles. The number of hydrogen-bond donors (Lipinski definition) is 2. The molecule has 0 bridgehead atoms. The van der Waals surface area contributed by atoms with E-state index in [0.29, 0.717) is 32.8 Å². The minimum Gasteiger partial charge on any atom is -0.493 e. The number of carbonyl (C=O) groups excluding carboxylic acids is 2. The van der Waals surface area contributed by atoms with E-state index in [9.17, 15) is 9.59 Å². The maximum absolute atomic E-state index is 12.4. The number of nitrogens with zero attached hydrogens (tertiary/aromatic N) is 1. The van der Waals surface area contributed by atoms with Gasteiger partial charge in [-0.25, -0.2) is 5.43 Å². The largest absolute Gasteiger partial charge is 0.493 e. The quantitative estimate of drug-likeness (QED) is 0.207. The van der Waals surface area contributed by atoms with Gasteiger partial charge in [0.15, 0.2) is 18.1 Å². The second-order valence-electron chi connectivity index (χ2n) is 7.98. The van der Waals surface area contributed by atoms with Crippen molar-refractivity contribution in [2.45, 2.75) is 6.42 Å². The molecule has 0 aliphatic heterocycles. The van der Waals surface area contributed by atoms with Crippen LogP contribution in [0.15, 0.2) is 84.0 Å². The molecule has 0 saturated carbocycles. The van der Waals surface area contributed by atoms with Gasteiger partial charge in [0.05, 0.1) is 29.8 Å². The molecule has 188 valence electrons. The number of ether oxygens (including phenoxy) is 2. The average molecular weight is 536 g/mol. The Labute approximate surface area is 224 Å². The summed E-state index contributed by atoms with van der Waals surface area (Å²) >= 11 is 11.9. The van der Waals surface area contributed by atoms with Gasteiger partial charge in [-0.3, -0.25) is 9.59 Å². The van der Waals surface area contributed by atoms with Crippen LogP contribution in [0.5, 0.6) is 11.5 Å². The van der Waals surface area contributed by atoms with Crippen molar-refractivity contribution < 1.29 is 19.1 Å². The number of hydrazone groups is 1. The van der Waals surface area contributed by atoms with Gasteiger partial charge in [-0.05, 0) is 58.3 Å². The van der Waals surface area contributed by atoms with E-state index in [1.165, 1.54) is 13.3 Å². The van der Waals surface area contributed by atoms with Crippen LogP contribution >= 0.6 is 23.2 Å². The number of methoxy groups -OCH3 is 1. The Balaban J connectivity index is 1.32. The molecular formula is C28H23Cl2N3O4. The third-order valence-electron chi connectivity index (χ3n) is 5.38. The van der Waals surface area contributed by atoms with Crippen LogP contribution in [-0.4, -0.2) is 31.7 Å². The van der Waals surface area contributed by atoms with Gasteiger partial charge in [-0.1, -0.05) is 65.7 Å². The topological polar surface area (TPSA) is 89.0 Å². The summed E-state index contributed by atoms with van der Waals surface area (Å²) in [6, 6.07) is 23.7. The van der Waals surface area contributed by atoms with Gasteiger partial charge >= 0.3 is 0 Å².